The van der Waals surface area contributed by atoms with Crippen molar-refractivity contribution in [3.05, 3.63) is 28.2 Å². The number of phenolic OH excluding ortho intramolecular Hbond substituents is 1. The lowest BCUT2D eigenvalue weighted by atomic mass is 10.0. The Morgan fingerprint density at radius 2 is 2.18 bits per heavy atom. The van der Waals surface area contributed by atoms with Crippen molar-refractivity contribution < 1.29 is 9.90 Å². The molecule has 1 amide bonds. The van der Waals surface area contributed by atoms with Crippen LogP contribution in [0.1, 0.15) is 19.4 Å². The third-order valence-electron chi connectivity index (χ3n) is 2.51. The van der Waals surface area contributed by atoms with E-state index in [4.69, 9.17) is 5.73 Å². The van der Waals surface area contributed by atoms with Crippen LogP contribution in [0.5, 0.6) is 5.75 Å². The van der Waals surface area contributed by atoms with Gasteiger partial charge in [-0.1, -0.05) is 19.9 Å². The SMILES string of the molecule is CC(C)C(NCc1ccc(O)c(Br)c1)C(N)=O. The zero-order valence-corrected chi connectivity index (χ0v) is 11.5. The van der Waals surface area contributed by atoms with Crippen LogP contribution in [0.4, 0.5) is 0 Å². The van der Waals surface area contributed by atoms with Crippen LogP contribution in [0.25, 0.3) is 0 Å². The van der Waals surface area contributed by atoms with E-state index >= 15 is 0 Å². The molecule has 17 heavy (non-hydrogen) atoms. The monoisotopic (exact) mass is 300 g/mol. The molecular formula is C12H17BrN2O2. The number of carbonyl (C=O) groups excluding carboxylic acids is 1. The van der Waals surface area contributed by atoms with Crippen molar-refractivity contribution >= 4 is 21.8 Å². The van der Waals surface area contributed by atoms with Gasteiger partial charge in [-0.05, 0) is 39.5 Å². The number of primary amides is 1. The highest BCUT2D eigenvalue weighted by atomic mass is 79.9. The Bertz CT molecular complexity index is 407. The normalized spacial score (nSPS) is 12.7. The molecular weight excluding hydrogens is 284 g/mol. The summed E-state index contributed by atoms with van der Waals surface area (Å²) in [5.74, 6) is -0.00467. The summed E-state index contributed by atoms with van der Waals surface area (Å²) in [5, 5.41) is 12.5. The number of halogens is 1. The Morgan fingerprint density at radius 1 is 1.53 bits per heavy atom. The molecule has 94 valence electrons. The third-order valence-corrected chi connectivity index (χ3v) is 3.15. The summed E-state index contributed by atoms with van der Waals surface area (Å²) in [4.78, 5) is 11.2. The van der Waals surface area contributed by atoms with Gasteiger partial charge in [0.2, 0.25) is 5.91 Å². The summed E-state index contributed by atoms with van der Waals surface area (Å²) in [5.41, 5.74) is 6.28. The van der Waals surface area contributed by atoms with Crippen molar-refractivity contribution in [2.75, 3.05) is 0 Å². The fourth-order valence-electron chi connectivity index (χ4n) is 1.55. The molecule has 0 heterocycles. The highest BCUT2D eigenvalue weighted by Crippen LogP contribution is 2.24. The number of nitrogens with one attached hydrogen (secondary N) is 1. The second-order valence-electron chi connectivity index (χ2n) is 4.29. The maximum absolute atomic E-state index is 11.2. The van der Waals surface area contributed by atoms with Crippen molar-refractivity contribution in [1.29, 1.82) is 0 Å². The highest BCUT2D eigenvalue weighted by Gasteiger charge is 2.18. The second kappa shape index (κ2) is 6.02. The number of aromatic hydroxyl groups is 1. The van der Waals surface area contributed by atoms with Crippen LogP contribution in [0, 0.1) is 5.92 Å². The molecule has 0 aromatic heterocycles. The van der Waals surface area contributed by atoms with Crippen LogP contribution in [-0.4, -0.2) is 17.1 Å². The van der Waals surface area contributed by atoms with Gasteiger partial charge in [-0.25, -0.2) is 0 Å². The zero-order valence-electron chi connectivity index (χ0n) is 9.90. The van der Waals surface area contributed by atoms with Crippen LogP contribution in [0.3, 0.4) is 0 Å². The summed E-state index contributed by atoms with van der Waals surface area (Å²) in [6.07, 6.45) is 0. The van der Waals surface area contributed by atoms with E-state index in [1.54, 1.807) is 18.2 Å². The third kappa shape index (κ3) is 4.02. The first kappa shape index (κ1) is 14.0. The number of carbonyl (C=O) groups is 1. The van der Waals surface area contributed by atoms with E-state index in [0.717, 1.165) is 5.56 Å². The summed E-state index contributed by atoms with van der Waals surface area (Å²) >= 11 is 3.24. The van der Waals surface area contributed by atoms with Crippen LogP contribution < -0.4 is 11.1 Å². The van der Waals surface area contributed by atoms with Crippen LogP contribution in [0.15, 0.2) is 22.7 Å². The van der Waals surface area contributed by atoms with E-state index in [-0.39, 0.29) is 23.6 Å². The van der Waals surface area contributed by atoms with Crippen molar-refractivity contribution in [2.45, 2.75) is 26.4 Å². The van der Waals surface area contributed by atoms with Gasteiger partial charge in [0.05, 0.1) is 10.5 Å². The van der Waals surface area contributed by atoms with Crippen molar-refractivity contribution in [1.82, 2.24) is 5.32 Å². The van der Waals surface area contributed by atoms with E-state index in [0.29, 0.717) is 11.0 Å². The lowest BCUT2D eigenvalue weighted by Gasteiger charge is -2.19. The zero-order chi connectivity index (χ0) is 13.0. The minimum absolute atomic E-state index is 0.146. The molecule has 1 atom stereocenters. The predicted molar refractivity (Wildman–Crippen MR) is 70.5 cm³/mol. The molecule has 0 spiro atoms. The fourth-order valence-corrected chi connectivity index (χ4v) is 1.98. The molecule has 1 unspecified atom stereocenters. The minimum atomic E-state index is -0.349. The van der Waals surface area contributed by atoms with Crippen LogP contribution in [-0.2, 0) is 11.3 Å². The second-order valence-corrected chi connectivity index (χ2v) is 5.15. The smallest absolute Gasteiger partial charge is 0.234 e. The van der Waals surface area contributed by atoms with Gasteiger partial charge >= 0.3 is 0 Å². The fraction of sp³-hybridized carbons (Fsp3) is 0.417. The standard InChI is InChI=1S/C12H17BrN2O2/c1-7(2)11(12(14)17)15-6-8-3-4-10(16)9(13)5-8/h3-5,7,11,15-16H,6H2,1-2H3,(H2,14,17). The Morgan fingerprint density at radius 3 is 2.65 bits per heavy atom. The molecule has 0 fully saturated rings. The number of phenols is 1. The van der Waals surface area contributed by atoms with Crippen LogP contribution in [0.2, 0.25) is 0 Å². The molecule has 0 bridgehead atoms. The molecule has 5 heteroatoms. The van der Waals surface area contributed by atoms with Gasteiger partial charge in [-0.3, -0.25) is 4.79 Å². The quantitative estimate of drug-likeness (QED) is 0.775. The van der Waals surface area contributed by atoms with Gasteiger partial charge in [-0.2, -0.15) is 0 Å². The Balaban J connectivity index is 2.65. The van der Waals surface area contributed by atoms with E-state index < -0.39 is 0 Å². The molecule has 0 aliphatic rings. The van der Waals surface area contributed by atoms with Crippen molar-refractivity contribution in [2.24, 2.45) is 11.7 Å². The highest BCUT2D eigenvalue weighted by molar-refractivity contribution is 9.10. The number of hydrogen-bond acceptors (Lipinski definition) is 3. The van der Waals surface area contributed by atoms with Gasteiger partial charge in [-0.15, -0.1) is 0 Å². The van der Waals surface area contributed by atoms with Gasteiger partial charge < -0.3 is 16.2 Å². The topological polar surface area (TPSA) is 75.3 Å². The van der Waals surface area contributed by atoms with Gasteiger partial charge in [0.15, 0.2) is 0 Å². The van der Waals surface area contributed by atoms with Gasteiger partial charge in [0, 0.05) is 6.54 Å². The van der Waals surface area contributed by atoms with Crippen LogP contribution >= 0.6 is 15.9 Å². The molecule has 1 aromatic carbocycles. The molecule has 0 radical (unpaired) electrons. The first-order valence-corrected chi connectivity index (χ1v) is 6.21. The minimum Gasteiger partial charge on any atom is -0.507 e. The Hall–Kier alpha value is -1.07. The summed E-state index contributed by atoms with van der Waals surface area (Å²) in [6, 6.07) is 4.87. The lowest BCUT2D eigenvalue weighted by Crippen LogP contribution is -2.44. The average molecular weight is 301 g/mol. The summed E-state index contributed by atoms with van der Waals surface area (Å²) in [7, 11) is 0. The number of amides is 1. The first-order valence-electron chi connectivity index (χ1n) is 5.42. The molecule has 0 saturated heterocycles. The van der Waals surface area contributed by atoms with Crippen molar-refractivity contribution in [3.63, 3.8) is 0 Å². The van der Waals surface area contributed by atoms with Gasteiger partial charge in [0.25, 0.3) is 0 Å². The molecule has 4 nitrogen and oxygen atoms in total. The Kier molecular flexibility index (Phi) is 4.96. The molecule has 4 N–H and O–H groups in total. The lowest BCUT2D eigenvalue weighted by molar-refractivity contribution is -0.121. The molecule has 0 aliphatic heterocycles. The molecule has 0 aliphatic carbocycles. The van der Waals surface area contributed by atoms with E-state index in [2.05, 4.69) is 21.2 Å². The number of nitrogens with two attached hydrogens (primary N) is 1. The largest absolute Gasteiger partial charge is 0.507 e. The Labute approximate surface area is 109 Å². The summed E-state index contributed by atoms with van der Waals surface area (Å²) in [6.45, 7) is 4.41. The number of benzene rings is 1. The first-order chi connectivity index (χ1) is 7.91. The summed E-state index contributed by atoms with van der Waals surface area (Å²) < 4.78 is 0.636. The predicted octanol–water partition coefficient (Wildman–Crippen LogP) is 1.75. The maximum Gasteiger partial charge on any atom is 0.234 e. The molecule has 0 saturated carbocycles. The number of rotatable bonds is 5. The van der Waals surface area contributed by atoms with E-state index in [9.17, 15) is 9.90 Å². The molecule has 1 aromatic rings. The van der Waals surface area contributed by atoms with Gasteiger partial charge in [0.1, 0.15) is 5.75 Å². The average Bonchev–Trinajstić information content (AvgIpc) is 2.22. The number of hydrogen-bond donors (Lipinski definition) is 3. The molecule has 1 rings (SSSR count). The van der Waals surface area contributed by atoms with Crippen molar-refractivity contribution in [3.8, 4) is 5.75 Å². The maximum atomic E-state index is 11.2. The van der Waals surface area contributed by atoms with E-state index in [1.807, 2.05) is 13.8 Å². The van der Waals surface area contributed by atoms with E-state index in [1.165, 1.54) is 0 Å².